The van der Waals surface area contributed by atoms with Gasteiger partial charge in [-0.25, -0.2) is 4.99 Å². The van der Waals surface area contributed by atoms with Gasteiger partial charge in [0.15, 0.2) is 5.17 Å². The average Bonchev–Trinajstić information content (AvgIpc) is 2.63. The number of aryl methyl sites for hydroxylation is 2. The summed E-state index contributed by atoms with van der Waals surface area (Å²) in [6.45, 7) is 3.97. The highest BCUT2D eigenvalue weighted by Crippen LogP contribution is 2.29. The van der Waals surface area contributed by atoms with E-state index in [1.165, 1.54) is 16.7 Å². The Morgan fingerprint density at radius 2 is 1.93 bits per heavy atom. The Morgan fingerprint density at radius 3 is 2.59 bits per heavy atom. The Morgan fingerprint density at radius 1 is 1.22 bits per heavy atom. The van der Waals surface area contributed by atoms with Gasteiger partial charge in [0.05, 0.1) is 5.69 Å². The Labute approximate surface area is 176 Å². The molecular weight excluding hydrogens is 473 g/mol. The molecule has 2 aromatic rings. The van der Waals surface area contributed by atoms with E-state index in [0.29, 0.717) is 5.17 Å². The lowest BCUT2D eigenvalue weighted by Gasteiger charge is -2.29. The molecule has 0 bridgehead atoms. The van der Waals surface area contributed by atoms with Crippen molar-refractivity contribution < 1.29 is 9.59 Å². The van der Waals surface area contributed by atoms with Gasteiger partial charge in [0.25, 0.3) is 0 Å². The highest BCUT2D eigenvalue weighted by molar-refractivity contribution is 14.1. The molecule has 1 aliphatic heterocycles. The molecule has 0 aliphatic carbocycles. The monoisotopic (exact) mass is 493 g/mol. The van der Waals surface area contributed by atoms with Crippen molar-refractivity contribution >= 4 is 62.7 Å². The molecule has 1 aliphatic rings. The number of amides is 2. The summed E-state index contributed by atoms with van der Waals surface area (Å²) in [5.41, 5.74) is 3.67. The first-order valence-electron chi connectivity index (χ1n) is 8.49. The van der Waals surface area contributed by atoms with Crippen molar-refractivity contribution in [1.29, 1.82) is 0 Å². The van der Waals surface area contributed by atoms with Crippen molar-refractivity contribution in [3.05, 3.63) is 57.2 Å². The van der Waals surface area contributed by atoms with Gasteiger partial charge in [-0.3, -0.25) is 14.5 Å². The van der Waals surface area contributed by atoms with Crippen LogP contribution in [0.15, 0.2) is 47.5 Å². The van der Waals surface area contributed by atoms with Gasteiger partial charge in [-0.05, 0) is 72.3 Å². The summed E-state index contributed by atoms with van der Waals surface area (Å²) in [6.07, 6.45) is 0.156. The quantitative estimate of drug-likeness (QED) is 0.641. The summed E-state index contributed by atoms with van der Waals surface area (Å²) >= 11 is 3.55. The molecule has 3 rings (SSSR count). The maximum Gasteiger partial charge on any atom is 0.238 e. The molecule has 140 valence electrons. The summed E-state index contributed by atoms with van der Waals surface area (Å²) in [6, 6.07) is 13.6. The smallest absolute Gasteiger partial charge is 0.238 e. The molecule has 1 N–H and O–H groups in total. The lowest BCUT2D eigenvalue weighted by atomic mass is 10.1. The van der Waals surface area contributed by atoms with E-state index in [1.807, 2.05) is 56.3 Å². The predicted molar refractivity (Wildman–Crippen MR) is 120 cm³/mol. The molecule has 1 saturated heterocycles. The van der Waals surface area contributed by atoms with E-state index >= 15 is 0 Å². The number of amidine groups is 1. The van der Waals surface area contributed by atoms with Gasteiger partial charge in [-0.15, -0.1) is 0 Å². The van der Waals surface area contributed by atoms with Crippen molar-refractivity contribution in [2.75, 3.05) is 12.4 Å². The first-order valence-corrected chi connectivity index (χ1v) is 10.4. The third kappa shape index (κ3) is 4.90. The molecule has 2 aromatic carbocycles. The zero-order chi connectivity index (χ0) is 19.6. The van der Waals surface area contributed by atoms with E-state index in [9.17, 15) is 9.59 Å². The highest BCUT2D eigenvalue weighted by atomic mass is 127. The molecule has 1 unspecified atom stereocenters. The lowest BCUT2D eigenvalue weighted by molar-refractivity contribution is -0.128. The van der Waals surface area contributed by atoms with Crippen LogP contribution >= 0.6 is 34.4 Å². The number of nitrogens with zero attached hydrogens (tertiary/aromatic N) is 2. The van der Waals surface area contributed by atoms with Crippen LogP contribution in [0.4, 0.5) is 11.4 Å². The molecule has 0 aromatic heterocycles. The van der Waals surface area contributed by atoms with E-state index in [-0.39, 0.29) is 18.2 Å². The van der Waals surface area contributed by atoms with Gasteiger partial charge >= 0.3 is 0 Å². The fraction of sp³-hybridized carbons (Fsp3) is 0.250. The molecule has 0 radical (unpaired) electrons. The number of carbonyl (C=O) groups excluding carboxylic acids is 2. The molecule has 1 fully saturated rings. The first kappa shape index (κ1) is 19.9. The molecule has 5 nitrogen and oxygen atoms in total. The van der Waals surface area contributed by atoms with Crippen molar-refractivity contribution in [3.8, 4) is 0 Å². The third-order valence-corrected chi connectivity index (χ3v) is 6.21. The van der Waals surface area contributed by atoms with E-state index in [4.69, 9.17) is 0 Å². The van der Waals surface area contributed by atoms with Crippen LogP contribution in [-0.2, 0) is 9.59 Å². The SMILES string of the molecule is Cc1ccc(NC(=O)C2CC(=O)N(C)C(=Nc3ccc(I)cc3)S2)c(C)c1. The Balaban J connectivity index is 1.78. The molecule has 27 heavy (non-hydrogen) atoms. The van der Waals surface area contributed by atoms with Gasteiger partial charge in [-0.2, -0.15) is 0 Å². The van der Waals surface area contributed by atoms with Gasteiger partial charge < -0.3 is 5.32 Å². The number of rotatable bonds is 3. The van der Waals surface area contributed by atoms with Gasteiger partial charge in [0, 0.05) is 22.7 Å². The Hall–Kier alpha value is -1.87. The minimum Gasteiger partial charge on any atom is -0.325 e. The van der Waals surface area contributed by atoms with Crippen LogP contribution in [0.1, 0.15) is 17.5 Å². The van der Waals surface area contributed by atoms with E-state index in [2.05, 4.69) is 32.9 Å². The molecule has 1 heterocycles. The molecular formula is C20H20IN3O2S. The second-order valence-corrected chi connectivity index (χ2v) is 8.86. The number of benzene rings is 2. The summed E-state index contributed by atoms with van der Waals surface area (Å²) in [4.78, 5) is 31.2. The molecule has 7 heteroatoms. The van der Waals surface area contributed by atoms with Crippen molar-refractivity contribution in [1.82, 2.24) is 4.90 Å². The van der Waals surface area contributed by atoms with Crippen LogP contribution < -0.4 is 5.32 Å². The van der Waals surface area contributed by atoms with E-state index in [0.717, 1.165) is 26.1 Å². The van der Waals surface area contributed by atoms with Gasteiger partial charge in [-0.1, -0.05) is 29.5 Å². The van der Waals surface area contributed by atoms with Crippen LogP contribution in [0.25, 0.3) is 0 Å². The van der Waals surface area contributed by atoms with E-state index in [1.54, 1.807) is 7.05 Å². The van der Waals surface area contributed by atoms with Gasteiger partial charge in [0.1, 0.15) is 5.25 Å². The number of thioether (sulfide) groups is 1. The predicted octanol–water partition coefficient (Wildman–Crippen LogP) is 4.50. The maximum atomic E-state index is 12.7. The third-order valence-electron chi connectivity index (χ3n) is 4.25. The van der Waals surface area contributed by atoms with Crippen LogP contribution in [0.3, 0.4) is 0 Å². The molecule has 1 atom stereocenters. The van der Waals surface area contributed by atoms with Crippen LogP contribution in [0.5, 0.6) is 0 Å². The number of hydrogen-bond acceptors (Lipinski definition) is 4. The van der Waals surface area contributed by atoms with Crippen LogP contribution in [-0.4, -0.2) is 34.2 Å². The van der Waals surface area contributed by atoms with Crippen molar-refractivity contribution in [3.63, 3.8) is 0 Å². The summed E-state index contributed by atoms with van der Waals surface area (Å²) in [5, 5.41) is 2.98. The standard InChI is InChI=1S/C20H20IN3O2S/c1-12-4-9-16(13(2)10-12)23-19(26)17-11-18(25)24(3)20(27-17)22-15-7-5-14(21)6-8-15/h4-10,17H,11H2,1-3H3,(H,23,26). The zero-order valence-corrected chi connectivity index (χ0v) is 18.3. The summed E-state index contributed by atoms with van der Waals surface area (Å²) in [7, 11) is 1.69. The topological polar surface area (TPSA) is 61.8 Å². The Bertz CT molecular complexity index is 912. The summed E-state index contributed by atoms with van der Waals surface area (Å²) < 4.78 is 1.11. The fourth-order valence-corrected chi connectivity index (χ4v) is 4.11. The van der Waals surface area contributed by atoms with E-state index < -0.39 is 5.25 Å². The number of nitrogens with one attached hydrogen (secondary N) is 1. The highest BCUT2D eigenvalue weighted by Gasteiger charge is 2.34. The number of anilines is 1. The number of halogens is 1. The van der Waals surface area contributed by atoms with Crippen molar-refractivity contribution in [2.24, 2.45) is 4.99 Å². The van der Waals surface area contributed by atoms with Crippen molar-refractivity contribution in [2.45, 2.75) is 25.5 Å². The van der Waals surface area contributed by atoms with Crippen LogP contribution in [0.2, 0.25) is 0 Å². The minimum absolute atomic E-state index is 0.112. The Kier molecular flexibility index (Phi) is 6.21. The second kappa shape index (κ2) is 8.43. The minimum atomic E-state index is -0.503. The normalized spacial score (nSPS) is 18.7. The lowest BCUT2D eigenvalue weighted by Crippen LogP contribution is -2.43. The fourth-order valence-electron chi connectivity index (χ4n) is 2.69. The number of hydrogen-bond donors (Lipinski definition) is 1. The largest absolute Gasteiger partial charge is 0.325 e. The molecule has 0 spiro atoms. The average molecular weight is 493 g/mol. The molecule has 0 saturated carbocycles. The van der Waals surface area contributed by atoms with Crippen LogP contribution in [0, 0.1) is 17.4 Å². The molecule has 2 amide bonds. The zero-order valence-electron chi connectivity index (χ0n) is 15.3. The summed E-state index contributed by atoms with van der Waals surface area (Å²) in [5.74, 6) is -0.289. The van der Waals surface area contributed by atoms with Gasteiger partial charge in [0.2, 0.25) is 11.8 Å². The second-order valence-electron chi connectivity index (χ2n) is 6.44. The number of aliphatic imine (C=N–C) groups is 1. The number of carbonyl (C=O) groups is 2. The first-order chi connectivity index (χ1) is 12.8. The maximum absolute atomic E-state index is 12.7.